The smallest absolute Gasteiger partial charge is 0.277 e. The van der Waals surface area contributed by atoms with Crippen LogP contribution in [-0.2, 0) is 4.79 Å². The number of para-hydroxylation sites is 1. The van der Waals surface area contributed by atoms with Gasteiger partial charge in [-0.3, -0.25) is 4.79 Å². The lowest BCUT2D eigenvalue weighted by molar-refractivity contribution is -0.123. The summed E-state index contributed by atoms with van der Waals surface area (Å²) in [6.07, 6.45) is 1.66. The Kier molecular flexibility index (Phi) is 6.54. The Labute approximate surface area is 179 Å². The van der Waals surface area contributed by atoms with Gasteiger partial charge in [0.25, 0.3) is 5.91 Å². The van der Waals surface area contributed by atoms with Crippen LogP contribution in [-0.4, -0.2) is 23.3 Å². The lowest BCUT2D eigenvalue weighted by Crippen LogP contribution is -2.24. The summed E-state index contributed by atoms with van der Waals surface area (Å²) in [5.41, 5.74) is 9.10. The molecule has 1 aromatic heterocycles. The van der Waals surface area contributed by atoms with Gasteiger partial charge in [-0.2, -0.15) is 5.10 Å². The highest BCUT2D eigenvalue weighted by Gasteiger charge is 2.17. The van der Waals surface area contributed by atoms with Gasteiger partial charge in [-0.1, -0.05) is 30.3 Å². The lowest BCUT2D eigenvalue weighted by atomic mass is 10.1. The van der Waals surface area contributed by atoms with Crippen molar-refractivity contribution in [2.75, 3.05) is 6.61 Å². The number of carbonyl (C=O) groups is 1. The zero-order valence-electron chi connectivity index (χ0n) is 17.0. The Morgan fingerprint density at radius 1 is 1.10 bits per heavy atom. The monoisotopic (exact) mass is 453 g/mol. The second-order valence-corrected chi connectivity index (χ2v) is 7.71. The topological polar surface area (TPSA) is 55.6 Å². The normalized spacial score (nSPS) is 11.1. The van der Waals surface area contributed by atoms with E-state index in [-0.39, 0.29) is 12.5 Å². The maximum Gasteiger partial charge on any atom is 0.277 e. The van der Waals surface area contributed by atoms with Crippen molar-refractivity contribution in [2.45, 2.75) is 27.7 Å². The molecule has 0 aliphatic carbocycles. The molecule has 0 saturated carbocycles. The fourth-order valence-corrected chi connectivity index (χ4v) is 3.73. The second kappa shape index (κ2) is 9.09. The Morgan fingerprint density at radius 3 is 2.55 bits per heavy atom. The van der Waals surface area contributed by atoms with E-state index >= 15 is 0 Å². The van der Waals surface area contributed by atoms with Gasteiger partial charge in [-0.15, -0.1) is 0 Å². The summed E-state index contributed by atoms with van der Waals surface area (Å²) in [7, 11) is 0. The van der Waals surface area contributed by atoms with E-state index in [2.05, 4.69) is 70.0 Å². The van der Waals surface area contributed by atoms with Crippen molar-refractivity contribution in [3.63, 3.8) is 0 Å². The Hall–Kier alpha value is -2.86. The molecular weight excluding hydrogens is 430 g/mol. The SMILES string of the molecule is Cc1ccc(C)c(-n2c(C)c(Br)c(/C=N\NC(=O)COc3ccccc3)c2C)c1. The molecule has 0 radical (unpaired) electrons. The van der Waals surface area contributed by atoms with E-state index in [1.807, 2.05) is 25.1 Å². The molecule has 0 aliphatic heterocycles. The van der Waals surface area contributed by atoms with Gasteiger partial charge in [-0.05, 0) is 73.0 Å². The van der Waals surface area contributed by atoms with E-state index in [1.54, 1.807) is 18.3 Å². The predicted molar refractivity (Wildman–Crippen MR) is 120 cm³/mol. The molecule has 2 aromatic carbocycles. The van der Waals surface area contributed by atoms with Crippen molar-refractivity contribution in [1.82, 2.24) is 9.99 Å². The van der Waals surface area contributed by atoms with Crippen molar-refractivity contribution in [3.05, 3.63) is 81.1 Å². The van der Waals surface area contributed by atoms with Gasteiger partial charge in [0.05, 0.1) is 6.21 Å². The quantitative estimate of drug-likeness (QED) is 0.421. The first kappa shape index (κ1) is 20.9. The Morgan fingerprint density at radius 2 is 1.83 bits per heavy atom. The third-order valence-electron chi connectivity index (χ3n) is 4.72. The van der Waals surface area contributed by atoms with Crippen LogP contribution in [0.25, 0.3) is 5.69 Å². The largest absolute Gasteiger partial charge is 0.484 e. The van der Waals surface area contributed by atoms with E-state index < -0.39 is 0 Å². The van der Waals surface area contributed by atoms with E-state index in [0.717, 1.165) is 27.1 Å². The number of halogens is 1. The molecular formula is C23H24BrN3O2. The van der Waals surface area contributed by atoms with Gasteiger partial charge in [0.15, 0.2) is 6.61 Å². The molecule has 29 heavy (non-hydrogen) atoms. The number of aromatic nitrogens is 1. The number of rotatable bonds is 6. The van der Waals surface area contributed by atoms with Crippen molar-refractivity contribution in [2.24, 2.45) is 5.10 Å². The highest BCUT2D eigenvalue weighted by molar-refractivity contribution is 9.10. The summed E-state index contributed by atoms with van der Waals surface area (Å²) in [6.45, 7) is 8.19. The maximum atomic E-state index is 12.0. The second-order valence-electron chi connectivity index (χ2n) is 6.92. The lowest BCUT2D eigenvalue weighted by Gasteiger charge is -2.13. The van der Waals surface area contributed by atoms with Crippen LogP contribution >= 0.6 is 15.9 Å². The van der Waals surface area contributed by atoms with Crippen LogP contribution in [0.2, 0.25) is 0 Å². The molecule has 0 atom stereocenters. The molecule has 3 aromatic rings. The van der Waals surface area contributed by atoms with Crippen LogP contribution in [0.4, 0.5) is 0 Å². The molecule has 1 amide bonds. The number of nitrogens with zero attached hydrogens (tertiary/aromatic N) is 2. The Balaban J connectivity index is 1.74. The van der Waals surface area contributed by atoms with Crippen LogP contribution < -0.4 is 10.2 Å². The molecule has 150 valence electrons. The third kappa shape index (κ3) is 4.77. The first-order valence-electron chi connectivity index (χ1n) is 9.33. The van der Waals surface area contributed by atoms with Crippen LogP contribution in [0.1, 0.15) is 28.1 Å². The number of benzene rings is 2. The van der Waals surface area contributed by atoms with Gasteiger partial charge in [0.1, 0.15) is 5.75 Å². The molecule has 5 nitrogen and oxygen atoms in total. The molecule has 0 bridgehead atoms. The van der Waals surface area contributed by atoms with E-state index in [9.17, 15) is 4.79 Å². The minimum Gasteiger partial charge on any atom is -0.484 e. The molecule has 0 unspecified atom stereocenters. The first-order chi connectivity index (χ1) is 13.9. The molecule has 1 N–H and O–H groups in total. The van der Waals surface area contributed by atoms with Crippen LogP contribution in [0.5, 0.6) is 5.75 Å². The summed E-state index contributed by atoms with van der Waals surface area (Å²) >= 11 is 3.67. The van der Waals surface area contributed by atoms with E-state index in [0.29, 0.717) is 5.75 Å². The molecule has 1 heterocycles. The van der Waals surface area contributed by atoms with Gasteiger partial charge < -0.3 is 9.30 Å². The minimum atomic E-state index is -0.315. The number of carbonyl (C=O) groups excluding carboxylic acids is 1. The highest BCUT2D eigenvalue weighted by Crippen LogP contribution is 2.31. The average molecular weight is 454 g/mol. The van der Waals surface area contributed by atoms with E-state index in [1.165, 1.54) is 11.1 Å². The fraction of sp³-hybridized carbons (Fsp3) is 0.217. The summed E-state index contributed by atoms with van der Waals surface area (Å²) < 4.78 is 8.58. The van der Waals surface area contributed by atoms with Gasteiger partial charge in [-0.25, -0.2) is 5.43 Å². The number of ether oxygens (including phenoxy) is 1. The number of nitrogens with one attached hydrogen (secondary N) is 1. The van der Waals surface area contributed by atoms with Crippen LogP contribution in [0.3, 0.4) is 0 Å². The standard InChI is InChI=1S/C23H24BrN3O2/c1-15-10-11-16(2)21(12-15)27-17(3)20(23(24)18(27)4)13-25-26-22(28)14-29-19-8-6-5-7-9-19/h5-13H,14H2,1-4H3,(H,26,28)/b25-13-. The average Bonchev–Trinajstić information content (AvgIpc) is 2.92. The fourth-order valence-electron chi connectivity index (χ4n) is 3.16. The molecule has 0 saturated heterocycles. The van der Waals surface area contributed by atoms with Crippen LogP contribution in [0.15, 0.2) is 58.1 Å². The van der Waals surface area contributed by atoms with E-state index in [4.69, 9.17) is 4.74 Å². The summed E-state index contributed by atoms with van der Waals surface area (Å²) in [5.74, 6) is 0.330. The number of hydrogen-bond donors (Lipinski definition) is 1. The number of amides is 1. The molecule has 0 fully saturated rings. The first-order valence-corrected chi connectivity index (χ1v) is 10.1. The minimum absolute atomic E-state index is 0.0932. The van der Waals surface area contributed by atoms with Crippen molar-refractivity contribution in [3.8, 4) is 11.4 Å². The number of hydrogen-bond acceptors (Lipinski definition) is 3. The summed E-state index contributed by atoms with van der Waals surface area (Å²) in [5, 5.41) is 4.12. The molecule has 3 rings (SSSR count). The molecule has 0 spiro atoms. The zero-order valence-corrected chi connectivity index (χ0v) is 18.6. The number of hydrazone groups is 1. The van der Waals surface area contributed by atoms with Crippen molar-refractivity contribution >= 4 is 28.1 Å². The molecule has 0 aliphatic rings. The van der Waals surface area contributed by atoms with Gasteiger partial charge in [0.2, 0.25) is 0 Å². The summed E-state index contributed by atoms with van der Waals surface area (Å²) in [6, 6.07) is 15.6. The van der Waals surface area contributed by atoms with Gasteiger partial charge in [0, 0.05) is 27.1 Å². The van der Waals surface area contributed by atoms with Crippen LogP contribution in [0, 0.1) is 27.7 Å². The molecule has 6 heteroatoms. The zero-order chi connectivity index (χ0) is 21.0. The third-order valence-corrected chi connectivity index (χ3v) is 5.72. The summed E-state index contributed by atoms with van der Waals surface area (Å²) in [4.78, 5) is 12.0. The highest BCUT2D eigenvalue weighted by atomic mass is 79.9. The van der Waals surface area contributed by atoms with Gasteiger partial charge >= 0.3 is 0 Å². The number of aryl methyl sites for hydroxylation is 2. The van der Waals surface area contributed by atoms with Crippen molar-refractivity contribution in [1.29, 1.82) is 0 Å². The predicted octanol–water partition coefficient (Wildman–Crippen LogP) is 5.00. The maximum absolute atomic E-state index is 12.0. The Bertz CT molecular complexity index is 1060. The van der Waals surface area contributed by atoms with Crippen molar-refractivity contribution < 1.29 is 9.53 Å².